The Bertz CT molecular complexity index is 449. The Morgan fingerprint density at radius 3 is 2.65 bits per heavy atom. The molecule has 1 N–H and O–H groups in total. The third-order valence-corrected chi connectivity index (χ3v) is 4.39. The first-order valence-electron chi connectivity index (χ1n) is 5.24. The van der Waals surface area contributed by atoms with Crippen LogP contribution in [-0.4, -0.2) is 17.3 Å². The lowest BCUT2D eigenvalue weighted by Gasteiger charge is -2.15. The monoisotopic (exact) mass is 274 g/mol. The number of benzene rings is 1. The summed E-state index contributed by atoms with van der Waals surface area (Å²) in [4.78, 5) is 11.2. The molecular weight excluding hydrogens is 263 g/mol. The fraction of sp³-hybridized carbons (Fsp3) is 0.417. The van der Waals surface area contributed by atoms with Crippen LogP contribution < -0.4 is 0 Å². The summed E-state index contributed by atoms with van der Waals surface area (Å²) in [6, 6.07) is 3.13. The van der Waals surface area contributed by atoms with Crippen LogP contribution in [0.25, 0.3) is 0 Å². The van der Waals surface area contributed by atoms with Gasteiger partial charge < -0.3 is 5.11 Å². The van der Waals surface area contributed by atoms with Crippen LogP contribution in [0.5, 0.6) is 0 Å². The van der Waals surface area contributed by atoms with Gasteiger partial charge in [0.25, 0.3) is 0 Å². The number of thioether (sulfide) groups is 1. The molecule has 1 aliphatic carbocycles. The smallest absolute Gasteiger partial charge is 0.304 e. The van der Waals surface area contributed by atoms with E-state index in [2.05, 4.69) is 0 Å². The van der Waals surface area contributed by atoms with Crippen LogP contribution in [0, 0.1) is 5.82 Å². The molecule has 1 aliphatic rings. The third kappa shape index (κ3) is 2.43. The number of hydrogen-bond donors (Lipinski definition) is 1. The highest BCUT2D eigenvalue weighted by molar-refractivity contribution is 7.98. The van der Waals surface area contributed by atoms with E-state index in [1.165, 1.54) is 17.8 Å². The second-order valence-electron chi connectivity index (χ2n) is 4.32. The molecule has 17 heavy (non-hydrogen) atoms. The second kappa shape index (κ2) is 4.50. The molecule has 0 saturated heterocycles. The van der Waals surface area contributed by atoms with E-state index in [4.69, 9.17) is 16.7 Å². The van der Waals surface area contributed by atoms with Gasteiger partial charge in [-0.2, -0.15) is 0 Å². The van der Waals surface area contributed by atoms with E-state index < -0.39 is 11.4 Å². The van der Waals surface area contributed by atoms with Crippen LogP contribution in [0.4, 0.5) is 4.39 Å². The quantitative estimate of drug-likeness (QED) is 0.851. The molecule has 2 rings (SSSR count). The molecule has 5 heteroatoms. The summed E-state index contributed by atoms with van der Waals surface area (Å²) in [5.41, 5.74) is 0.313. The van der Waals surface area contributed by atoms with Gasteiger partial charge >= 0.3 is 5.97 Å². The topological polar surface area (TPSA) is 37.3 Å². The minimum absolute atomic E-state index is 0.0430. The molecular formula is C12H12ClFO2S. The summed E-state index contributed by atoms with van der Waals surface area (Å²) in [5, 5.41) is 9.22. The van der Waals surface area contributed by atoms with E-state index in [9.17, 15) is 9.18 Å². The number of carboxylic acid groups (broad SMARTS) is 1. The van der Waals surface area contributed by atoms with E-state index in [1.807, 2.05) is 0 Å². The average molecular weight is 275 g/mol. The highest BCUT2D eigenvalue weighted by atomic mass is 35.5. The van der Waals surface area contributed by atoms with Gasteiger partial charge in [0.1, 0.15) is 5.82 Å². The number of carboxylic acids is 1. The van der Waals surface area contributed by atoms with Gasteiger partial charge in [0, 0.05) is 5.41 Å². The maximum Gasteiger partial charge on any atom is 0.304 e. The van der Waals surface area contributed by atoms with Crippen molar-refractivity contribution in [2.75, 3.05) is 6.26 Å². The fourth-order valence-corrected chi connectivity index (χ4v) is 3.02. The van der Waals surface area contributed by atoms with Crippen molar-refractivity contribution in [1.82, 2.24) is 0 Å². The van der Waals surface area contributed by atoms with Crippen molar-refractivity contribution in [1.29, 1.82) is 0 Å². The Kier molecular flexibility index (Phi) is 3.36. The molecule has 1 aromatic rings. The van der Waals surface area contributed by atoms with Crippen LogP contribution >= 0.6 is 23.4 Å². The molecule has 2 nitrogen and oxygen atoms in total. The molecule has 0 aliphatic heterocycles. The lowest BCUT2D eigenvalue weighted by atomic mass is 9.92. The zero-order chi connectivity index (χ0) is 12.6. The zero-order valence-corrected chi connectivity index (χ0v) is 10.9. The van der Waals surface area contributed by atoms with E-state index in [0.29, 0.717) is 15.5 Å². The standard InChI is InChI=1S/C12H12ClFO2S/c1-17-11-8(13)4-7(5-9(11)14)12(2-3-12)6-10(15)16/h4-5H,2-3,6H2,1H3,(H,15,16). The Labute approximate surface area is 108 Å². The van der Waals surface area contributed by atoms with E-state index in [-0.39, 0.29) is 12.2 Å². The maximum absolute atomic E-state index is 13.8. The van der Waals surface area contributed by atoms with Crippen molar-refractivity contribution in [3.8, 4) is 0 Å². The number of rotatable bonds is 4. The fourth-order valence-electron chi connectivity index (χ4n) is 2.07. The van der Waals surface area contributed by atoms with Crippen molar-refractivity contribution in [2.45, 2.75) is 29.6 Å². The lowest BCUT2D eigenvalue weighted by molar-refractivity contribution is -0.137. The molecule has 92 valence electrons. The van der Waals surface area contributed by atoms with Gasteiger partial charge in [-0.1, -0.05) is 11.6 Å². The predicted octanol–water partition coefficient (Wildman–Crippen LogP) is 3.71. The molecule has 1 aromatic carbocycles. The average Bonchev–Trinajstić information content (AvgIpc) is 2.97. The lowest BCUT2D eigenvalue weighted by Crippen LogP contribution is -2.13. The van der Waals surface area contributed by atoms with Crippen molar-refractivity contribution in [3.05, 3.63) is 28.5 Å². The molecule has 0 spiro atoms. The summed E-state index contributed by atoms with van der Waals surface area (Å²) in [7, 11) is 0. The molecule has 0 unspecified atom stereocenters. The Morgan fingerprint density at radius 2 is 2.24 bits per heavy atom. The van der Waals surface area contributed by atoms with Gasteiger partial charge in [-0.25, -0.2) is 4.39 Å². The second-order valence-corrected chi connectivity index (χ2v) is 5.55. The van der Waals surface area contributed by atoms with Gasteiger partial charge in [-0.15, -0.1) is 11.8 Å². The Hall–Kier alpha value is -0.740. The number of aliphatic carboxylic acids is 1. The van der Waals surface area contributed by atoms with Gasteiger partial charge in [-0.3, -0.25) is 4.79 Å². The van der Waals surface area contributed by atoms with Crippen molar-refractivity contribution >= 4 is 29.3 Å². The predicted molar refractivity (Wildman–Crippen MR) is 66.4 cm³/mol. The molecule has 1 saturated carbocycles. The van der Waals surface area contributed by atoms with Crippen LogP contribution in [0.2, 0.25) is 5.02 Å². The van der Waals surface area contributed by atoms with Crippen molar-refractivity contribution in [3.63, 3.8) is 0 Å². The van der Waals surface area contributed by atoms with Crippen LogP contribution in [-0.2, 0) is 10.2 Å². The minimum atomic E-state index is -0.854. The minimum Gasteiger partial charge on any atom is -0.481 e. The summed E-state index contributed by atoms with van der Waals surface area (Å²) in [6.07, 6.45) is 3.37. The first-order valence-corrected chi connectivity index (χ1v) is 6.84. The Balaban J connectivity index is 2.37. The molecule has 0 atom stereocenters. The van der Waals surface area contributed by atoms with E-state index in [0.717, 1.165) is 12.8 Å². The van der Waals surface area contributed by atoms with Crippen LogP contribution in [0.15, 0.2) is 17.0 Å². The molecule has 0 radical (unpaired) electrons. The number of carbonyl (C=O) groups is 1. The van der Waals surface area contributed by atoms with Crippen molar-refractivity contribution < 1.29 is 14.3 Å². The van der Waals surface area contributed by atoms with Gasteiger partial charge in [0.05, 0.1) is 16.3 Å². The first kappa shape index (κ1) is 12.7. The molecule has 0 bridgehead atoms. The Morgan fingerprint density at radius 1 is 1.59 bits per heavy atom. The van der Waals surface area contributed by atoms with Crippen molar-refractivity contribution in [2.24, 2.45) is 0 Å². The summed E-state index contributed by atoms with van der Waals surface area (Å²) < 4.78 is 13.8. The largest absolute Gasteiger partial charge is 0.481 e. The first-order chi connectivity index (χ1) is 7.98. The molecule has 1 fully saturated rings. The van der Waals surface area contributed by atoms with Crippen LogP contribution in [0.3, 0.4) is 0 Å². The molecule has 0 aromatic heterocycles. The van der Waals surface area contributed by atoms with Crippen LogP contribution in [0.1, 0.15) is 24.8 Å². The number of hydrogen-bond acceptors (Lipinski definition) is 2. The summed E-state index contributed by atoms with van der Waals surface area (Å²) >= 11 is 7.25. The van der Waals surface area contributed by atoms with Gasteiger partial charge in [0.2, 0.25) is 0 Å². The normalized spacial score (nSPS) is 16.9. The highest BCUT2D eigenvalue weighted by Crippen LogP contribution is 2.52. The highest BCUT2D eigenvalue weighted by Gasteiger charge is 2.46. The maximum atomic E-state index is 13.8. The third-order valence-electron chi connectivity index (χ3n) is 3.16. The summed E-state index contributed by atoms with van der Waals surface area (Å²) in [5.74, 6) is -1.22. The van der Waals surface area contributed by atoms with Gasteiger partial charge in [0.15, 0.2) is 0 Å². The number of halogens is 2. The zero-order valence-electron chi connectivity index (χ0n) is 9.30. The van der Waals surface area contributed by atoms with E-state index in [1.54, 1.807) is 12.3 Å². The summed E-state index contributed by atoms with van der Waals surface area (Å²) in [6.45, 7) is 0. The SMILES string of the molecule is CSc1c(F)cc(C2(CC(=O)O)CC2)cc1Cl. The molecule has 0 heterocycles. The van der Waals surface area contributed by atoms with Gasteiger partial charge in [-0.05, 0) is 36.8 Å². The van der Waals surface area contributed by atoms with E-state index >= 15 is 0 Å². The molecule has 0 amide bonds.